The molecule has 1 unspecified atom stereocenters. The zero-order valence-corrected chi connectivity index (χ0v) is 15.1. The van der Waals surface area contributed by atoms with Gasteiger partial charge in [0.2, 0.25) is 0 Å². The van der Waals surface area contributed by atoms with Crippen molar-refractivity contribution in [1.29, 1.82) is 0 Å². The van der Waals surface area contributed by atoms with Crippen molar-refractivity contribution < 1.29 is 31.1 Å². The molecule has 1 heterocycles. The van der Waals surface area contributed by atoms with Crippen molar-refractivity contribution in [2.45, 2.75) is 37.5 Å². The predicted octanol–water partition coefficient (Wildman–Crippen LogP) is 5.35. The molecule has 0 aliphatic heterocycles. The predicted molar refractivity (Wildman–Crippen MR) is 93.1 cm³/mol. The molecule has 1 saturated carbocycles. The van der Waals surface area contributed by atoms with Crippen LogP contribution in [0.5, 0.6) is 0 Å². The highest BCUT2D eigenvalue weighted by molar-refractivity contribution is 5.94. The second kappa shape index (κ2) is 7.68. The Hall–Kier alpha value is -2.58. The van der Waals surface area contributed by atoms with Crippen LogP contribution in [-0.2, 0) is 6.18 Å². The van der Waals surface area contributed by atoms with Crippen LogP contribution in [0, 0.1) is 5.41 Å². The van der Waals surface area contributed by atoms with E-state index < -0.39 is 35.3 Å². The third kappa shape index (κ3) is 4.89. The molecule has 1 aromatic carbocycles. The number of carbonyl (C=O) groups is 1. The number of aromatic nitrogens is 1. The number of hydrogen-bond acceptors (Lipinski definition) is 2. The summed E-state index contributed by atoms with van der Waals surface area (Å²) >= 11 is 0. The van der Waals surface area contributed by atoms with Crippen molar-refractivity contribution in [3.8, 4) is 0 Å². The van der Waals surface area contributed by atoms with Gasteiger partial charge in [0, 0.05) is 24.2 Å². The molecule has 0 saturated heterocycles. The Bertz CT molecular complexity index is 842. The van der Waals surface area contributed by atoms with E-state index >= 15 is 0 Å². The summed E-state index contributed by atoms with van der Waals surface area (Å²) in [6.07, 6.45) is -8.50. The Morgan fingerprint density at radius 2 is 1.69 bits per heavy atom. The van der Waals surface area contributed by atoms with Crippen LogP contribution >= 0.6 is 0 Å². The maximum Gasteiger partial charge on any atom is 0.433 e. The zero-order valence-electron chi connectivity index (χ0n) is 15.1. The van der Waals surface area contributed by atoms with Crippen LogP contribution in [0.4, 0.5) is 26.3 Å². The molecule has 1 atom stereocenters. The van der Waals surface area contributed by atoms with Crippen LogP contribution in [0.25, 0.3) is 0 Å². The Kier molecular flexibility index (Phi) is 5.60. The Morgan fingerprint density at radius 3 is 2.17 bits per heavy atom. The molecule has 1 aliphatic rings. The molecule has 1 aromatic heterocycles. The van der Waals surface area contributed by atoms with Gasteiger partial charge in [0.1, 0.15) is 5.69 Å². The first-order valence-corrected chi connectivity index (χ1v) is 8.95. The van der Waals surface area contributed by atoms with Crippen molar-refractivity contribution in [2.24, 2.45) is 5.41 Å². The van der Waals surface area contributed by atoms with Crippen molar-refractivity contribution in [2.75, 3.05) is 6.54 Å². The first kappa shape index (κ1) is 21.1. The van der Waals surface area contributed by atoms with E-state index in [9.17, 15) is 31.1 Å². The highest BCUT2D eigenvalue weighted by atomic mass is 19.4. The van der Waals surface area contributed by atoms with Crippen LogP contribution < -0.4 is 5.32 Å². The number of nitrogens with one attached hydrogen (secondary N) is 1. The molecule has 1 aliphatic carbocycles. The number of nitrogens with zero attached hydrogens (tertiary/aromatic N) is 1. The highest BCUT2D eigenvalue weighted by Crippen LogP contribution is 2.62. The number of pyridine rings is 1. The molecule has 0 spiro atoms. The van der Waals surface area contributed by atoms with Gasteiger partial charge in [-0.3, -0.25) is 9.78 Å². The van der Waals surface area contributed by atoms with E-state index in [0.717, 1.165) is 18.3 Å². The van der Waals surface area contributed by atoms with Crippen molar-refractivity contribution in [3.05, 3.63) is 65.5 Å². The lowest BCUT2D eigenvalue weighted by Gasteiger charge is -2.26. The minimum absolute atomic E-state index is 0.0340. The molecule has 3 nitrogen and oxygen atoms in total. The van der Waals surface area contributed by atoms with Gasteiger partial charge < -0.3 is 5.32 Å². The molecule has 1 amide bonds. The summed E-state index contributed by atoms with van der Waals surface area (Å²) in [6.45, 7) is -0.140. The topological polar surface area (TPSA) is 42.0 Å². The van der Waals surface area contributed by atoms with Crippen LogP contribution in [-0.4, -0.2) is 23.6 Å². The molecule has 29 heavy (non-hydrogen) atoms. The zero-order chi connectivity index (χ0) is 21.3. The first-order chi connectivity index (χ1) is 13.5. The lowest BCUT2D eigenvalue weighted by Crippen LogP contribution is -2.33. The maximum absolute atomic E-state index is 13.4. The Balaban J connectivity index is 1.79. The van der Waals surface area contributed by atoms with Crippen molar-refractivity contribution >= 4 is 5.91 Å². The minimum atomic E-state index is -4.64. The summed E-state index contributed by atoms with van der Waals surface area (Å²) in [4.78, 5) is 15.6. The van der Waals surface area contributed by atoms with E-state index in [1.54, 1.807) is 30.3 Å². The van der Waals surface area contributed by atoms with E-state index in [2.05, 4.69) is 10.3 Å². The highest BCUT2D eigenvalue weighted by Gasteiger charge is 2.63. The maximum atomic E-state index is 13.4. The molecule has 9 heteroatoms. The molecule has 156 valence electrons. The van der Waals surface area contributed by atoms with Gasteiger partial charge in [-0.1, -0.05) is 24.3 Å². The quantitative estimate of drug-likeness (QED) is 0.646. The minimum Gasteiger partial charge on any atom is -0.351 e. The van der Waals surface area contributed by atoms with E-state index in [4.69, 9.17) is 0 Å². The Labute approximate surface area is 163 Å². The monoisotopic (exact) mass is 416 g/mol. The van der Waals surface area contributed by atoms with Gasteiger partial charge in [-0.2, -0.15) is 26.3 Å². The standard InChI is InChI=1S/C20H18F6N2O/c21-19(22,23)16-7-6-14(11-27-16)15(10-18(8-9-18)20(24,25)26)12-28-17(29)13-4-2-1-3-5-13/h1-7,11,15H,8-10,12H2,(H,28,29). The molecule has 2 aromatic rings. The van der Waals surface area contributed by atoms with Gasteiger partial charge in [0.25, 0.3) is 5.91 Å². The summed E-state index contributed by atoms with van der Waals surface area (Å²) in [6, 6.07) is 10.00. The van der Waals surface area contributed by atoms with Gasteiger partial charge in [-0.15, -0.1) is 0 Å². The van der Waals surface area contributed by atoms with Crippen LogP contribution in [0.3, 0.4) is 0 Å². The molecule has 0 radical (unpaired) electrons. The molecular weight excluding hydrogens is 398 g/mol. The average molecular weight is 416 g/mol. The molecule has 0 bridgehead atoms. The SMILES string of the molecule is O=C(NCC(CC1(C(F)(F)F)CC1)c1ccc(C(F)(F)F)nc1)c1ccccc1. The molecule has 1 N–H and O–H groups in total. The smallest absolute Gasteiger partial charge is 0.351 e. The second-order valence-electron chi connectivity index (χ2n) is 7.23. The number of hydrogen-bond donors (Lipinski definition) is 1. The number of carbonyl (C=O) groups excluding carboxylic acids is 1. The summed E-state index contributed by atoms with van der Waals surface area (Å²) in [5, 5.41) is 2.59. The van der Waals surface area contributed by atoms with Gasteiger partial charge in [0.15, 0.2) is 0 Å². The lowest BCUT2D eigenvalue weighted by molar-refractivity contribution is -0.190. The Morgan fingerprint density at radius 1 is 1.03 bits per heavy atom. The van der Waals surface area contributed by atoms with Gasteiger partial charge in [-0.05, 0) is 43.0 Å². The lowest BCUT2D eigenvalue weighted by atomic mass is 9.86. The molecule has 1 fully saturated rings. The van der Waals surface area contributed by atoms with Crippen molar-refractivity contribution in [3.63, 3.8) is 0 Å². The fourth-order valence-corrected chi connectivity index (χ4v) is 3.26. The van der Waals surface area contributed by atoms with E-state index in [0.29, 0.717) is 5.56 Å². The first-order valence-electron chi connectivity index (χ1n) is 8.95. The van der Waals surface area contributed by atoms with E-state index in [-0.39, 0.29) is 31.4 Å². The van der Waals surface area contributed by atoms with Gasteiger partial charge >= 0.3 is 12.4 Å². The van der Waals surface area contributed by atoms with E-state index in [1.165, 1.54) is 0 Å². The fourth-order valence-electron chi connectivity index (χ4n) is 3.26. The summed E-state index contributed by atoms with van der Waals surface area (Å²) < 4.78 is 78.4. The summed E-state index contributed by atoms with van der Waals surface area (Å²) in [5.74, 6) is -1.28. The molecular formula is C20H18F6N2O. The average Bonchev–Trinajstić information content (AvgIpc) is 3.46. The van der Waals surface area contributed by atoms with Crippen LogP contribution in [0.1, 0.15) is 46.8 Å². The van der Waals surface area contributed by atoms with Crippen molar-refractivity contribution in [1.82, 2.24) is 10.3 Å². The number of alkyl halides is 6. The fraction of sp³-hybridized carbons (Fsp3) is 0.400. The molecule has 3 rings (SSSR count). The third-order valence-electron chi connectivity index (χ3n) is 5.19. The number of rotatable bonds is 6. The number of halogens is 6. The summed E-state index contributed by atoms with van der Waals surface area (Å²) in [7, 11) is 0. The largest absolute Gasteiger partial charge is 0.433 e. The number of amides is 1. The second-order valence-corrected chi connectivity index (χ2v) is 7.23. The summed E-state index contributed by atoms with van der Waals surface area (Å²) in [5.41, 5.74) is -2.42. The number of benzene rings is 1. The van der Waals surface area contributed by atoms with Crippen LogP contribution in [0.15, 0.2) is 48.7 Å². The van der Waals surface area contributed by atoms with Gasteiger partial charge in [0.05, 0.1) is 5.41 Å². The van der Waals surface area contributed by atoms with Crippen LogP contribution in [0.2, 0.25) is 0 Å². The normalized spacial score (nSPS) is 16.9. The van der Waals surface area contributed by atoms with Gasteiger partial charge in [-0.25, -0.2) is 0 Å². The third-order valence-corrected chi connectivity index (χ3v) is 5.19. The van der Waals surface area contributed by atoms with E-state index in [1.807, 2.05) is 0 Å².